The Morgan fingerprint density at radius 3 is 2.82 bits per heavy atom. The number of aliphatic hydroxyl groups excluding tert-OH is 1. The van der Waals surface area contributed by atoms with Crippen LogP contribution in [0.1, 0.15) is 31.2 Å². The summed E-state index contributed by atoms with van der Waals surface area (Å²) in [7, 11) is 0. The van der Waals surface area contributed by atoms with Gasteiger partial charge in [-0.1, -0.05) is 30.5 Å². The monoisotopic (exact) mass is 254 g/mol. The number of hydrogen-bond donors (Lipinski definition) is 1. The maximum Gasteiger partial charge on any atom is 0.133 e. The quantitative estimate of drug-likeness (QED) is 0.821. The molecule has 0 aromatic carbocycles. The molecule has 3 nitrogen and oxygen atoms in total. The summed E-state index contributed by atoms with van der Waals surface area (Å²) in [6.07, 6.45) is 6.77. The van der Waals surface area contributed by atoms with Crippen LogP contribution in [0.2, 0.25) is 5.15 Å². The van der Waals surface area contributed by atoms with Crippen LogP contribution in [0.5, 0.6) is 0 Å². The van der Waals surface area contributed by atoms with Crippen LogP contribution in [0.4, 0.5) is 0 Å². The number of pyridine rings is 1. The molecule has 0 amide bonds. The van der Waals surface area contributed by atoms with E-state index in [1.165, 1.54) is 25.7 Å². The molecule has 0 atom stereocenters. The van der Waals surface area contributed by atoms with E-state index in [9.17, 15) is 0 Å². The van der Waals surface area contributed by atoms with Crippen LogP contribution in [-0.4, -0.2) is 34.2 Å². The molecule has 0 spiro atoms. The van der Waals surface area contributed by atoms with Gasteiger partial charge in [-0.2, -0.15) is 0 Å². The van der Waals surface area contributed by atoms with Crippen molar-refractivity contribution < 1.29 is 5.11 Å². The zero-order valence-electron chi connectivity index (χ0n) is 9.98. The molecule has 1 aromatic heterocycles. The zero-order valence-corrected chi connectivity index (χ0v) is 10.7. The summed E-state index contributed by atoms with van der Waals surface area (Å²) in [6.45, 7) is 1.71. The van der Waals surface area contributed by atoms with Crippen molar-refractivity contribution >= 4 is 11.6 Å². The van der Waals surface area contributed by atoms with Crippen LogP contribution in [0.15, 0.2) is 18.3 Å². The van der Waals surface area contributed by atoms with Gasteiger partial charge in [0.2, 0.25) is 0 Å². The molecule has 0 radical (unpaired) electrons. The van der Waals surface area contributed by atoms with Crippen molar-refractivity contribution in [3.8, 4) is 0 Å². The zero-order chi connectivity index (χ0) is 12.1. The molecule has 94 valence electrons. The van der Waals surface area contributed by atoms with Crippen LogP contribution in [-0.2, 0) is 6.54 Å². The number of halogens is 1. The third kappa shape index (κ3) is 3.41. The van der Waals surface area contributed by atoms with Gasteiger partial charge in [0.1, 0.15) is 5.15 Å². The Labute approximate surface area is 107 Å². The molecule has 0 unspecified atom stereocenters. The highest BCUT2D eigenvalue weighted by Gasteiger charge is 2.22. The van der Waals surface area contributed by atoms with E-state index >= 15 is 0 Å². The predicted octanol–water partition coefficient (Wildman–Crippen LogP) is 2.47. The Morgan fingerprint density at radius 2 is 2.18 bits per heavy atom. The van der Waals surface area contributed by atoms with Crippen LogP contribution in [0.25, 0.3) is 0 Å². The van der Waals surface area contributed by atoms with Gasteiger partial charge in [-0.05, 0) is 18.9 Å². The van der Waals surface area contributed by atoms with Crippen molar-refractivity contribution in [3.63, 3.8) is 0 Å². The fourth-order valence-corrected chi connectivity index (χ4v) is 2.72. The SMILES string of the molecule is OCCN(Cc1cccnc1Cl)C1CCCC1. The maximum absolute atomic E-state index is 9.15. The minimum atomic E-state index is 0.203. The summed E-state index contributed by atoms with van der Waals surface area (Å²) in [5.74, 6) is 0. The van der Waals surface area contributed by atoms with Gasteiger partial charge < -0.3 is 5.11 Å². The highest BCUT2D eigenvalue weighted by Crippen LogP contribution is 2.25. The molecule has 0 bridgehead atoms. The van der Waals surface area contributed by atoms with E-state index in [0.29, 0.717) is 11.2 Å². The number of nitrogens with zero attached hydrogens (tertiary/aromatic N) is 2. The standard InChI is InChI=1S/C13H19ClN2O/c14-13-11(4-3-7-15-13)10-16(8-9-17)12-5-1-2-6-12/h3-4,7,12,17H,1-2,5-6,8-10H2. The highest BCUT2D eigenvalue weighted by molar-refractivity contribution is 6.30. The molecule has 1 aliphatic carbocycles. The Kier molecular flexibility index (Phi) is 4.77. The Morgan fingerprint density at radius 1 is 1.41 bits per heavy atom. The van der Waals surface area contributed by atoms with E-state index in [-0.39, 0.29) is 6.61 Å². The van der Waals surface area contributed by atoms with Gasteiger partial charge in [-0.25, -0.2) is 4.98 Å². The fraction of sp³-hybridized carbons (Fsp3) is 0.615. The first-order valence-electron chi connectivity index (χ1n) is 6.25. The molecular formula is C13H19ClN2O. The molecule has 1 N–H and O–H groups in total. The summed E-state index contributed by atoms with van der Waals surface area (Å²) in [5.41, 5.74) is 1.05. The van der Waals surface area contributed by atoms with Gasteiger partial charge in [-0.3, -0.25) is 4.90 Å². The van der Waals surface area contributed by atoms with Gasteiger partial charge in [0.15, 0.2) is 0 Å². The third-order valence-electron chi connectivity index (χ3n) is 3.44. The molecule has 2 rings (SSSR count). The molecule has 17 heavy (non-hydrogen) atoms. The number of hydrogen-bond acceptors (Lipinski definition) is 3. The lowest BCUT2D eigenvalue weighted by atomic mass is 10.1. The summed E-state index contributed by atoms with van der Waals surface area (Å²) >= 11 is 6.07. The smallest absolute Gasteiger partial charge is 0.133 e. The van der Waals surface area contributed by atoms with E-state index in [1.54, 1.807) is 6.20 Å². The third-order valence-corrected chi connectivity index (χ3v) is 3.78. The second-order valence-electron chi connectivity index (χ2n) is 4.59. The number of rotatable bonds is 5. The van der Waals surface area contributed by atoms with Crippen molar-refractivity contribution in [1.29, 1.82) is 0 Å². The van der Waals surface area contributed by atoms with Crippen LogP contribution in [0.3, 0.4) is 0 Å². The molecule has 0 saturated heterocycles. The second-order valence-corrected chi connectivity index (χ2v) is 4.94. The Hall–Kier alpha value is -0.640. The lowest BCUT2D eigenvalue weighted by Crippen LogP contribution is -2.35. The van der Waals surface area contributed by atoms with Crippen molar-refractivity contribution in [2.24, 2.45) is 0 Å². The van der Waals surface area contributed by atoms with Gasteiger partial charge >= 0.3 is 0 Å². The maximum atomic E-state index is 9.15. The van der Waals surface area contributed by atoms with Crippen molar-refractivity contribution in [2.75, 3.05) is 13.2 Å². The largest absolute Gasteiger partial charge is 0.395 e. The van der Waals surface area contributed by atoms with Crippen LogP contribution in [0, 0.1) is 0 Å². The van der Waals surface area contributed by atoms with E-state index < -0.39 is 0 Å². The molecule has 4 heteroatoms. The lowest BCUT2D eigenvalue weighted by Gasteiger charge is -2.28. The Balaban J connectivity index is 2.04. The predicted molar refractivity (Wildman–Crippen MR) is 69.0 cm³/mol. The average molecular weight is 255 g/mol. The molecule has 1 fully saturated rings. The molecule has 1 saturated carbocycles. The van der Waals surface area contributed by atoms with E-state index in [2.05, 4.69) is 9.88 Å². The summed E-state index contributed by atoms with van der Waals surface area (Å²) in [6, 6.07) is 4.51. The van der Waals surface area contributed by atoms with Gasteiger partial charge in [0.05, 0.1) is 6.61 Å². The highest BCUT2D eigenvalue weighted by atomic mass is 35.5. The first-order chi connectivity index (χ1) is 8.31. The van der Waals surface area contributed by atoms with Crippen LogP contribution >= 0.6 is 11.6 Å². The summed E-state index contributed by atoms with van der Waals surface area (Å²) in [5, 5.41) is 9.73. The molecule has 0 aliphatic heterocycles. The Bertz CT molecular complexity index is 353. The molecule has 1 aliphatic rings. The topological polar surface area (TPSA) is 36.4 Å². The molecule has 1 aromatic rings. The first-order valence-corrected chi connectivity index (χ1v) is 6.63. The van der Waals surface area contributed by atoms with Gasteiger partial charge in [0.25, 0.3) is 0 Å². The van der Waals surface area contributed by atoms with Crippen molar-refractivity contribution in [2.45, 2.75) is 38.3 Å². The second kappa shape index (κ2) is 6.34. The first kappa shape index (κ1) is 12.8. The number of aliphatic hydroxyl groups is 1. The van der Waals surface area contributed by atoms with Crippen LogP contribution < -0.4 is 0 Å². The molecule has 1 heterocycles. The molecular weight excluding hydrogens is 236 g/mol. The number of aromatic nitrogens is 1. The summed E-state index contributed by atoms with van der Waals surface area (Å²) < 4.78 is 0. The average Bonchev–Trinajstić information content (AvgIpc) is 2.85. The van der Waals surface area contributed by atoms with Gasteiger partial charge in [-0.15, -0.1) is 0 Å². The van der Waals surface area contributed by atoms with Gasteiger partial charge in [0, 0.05) is 30.9 Å². The van der Waals surface area contributed by atoms with E-state index in [1.807, 2.05) is 12.1 Å². The summed E-state index contributed by atoms with van der Waals surface area (Å²) in [4.78, 5) is 6.42. The normalized spacial score (nSPS) is 16.9. The fourth-order valence-electron chi connectivity index (χ4n) is 2.54. The lowest BCUT2D eigenvalue weighted by molar-refractivity contribution is 0.144. The van der Waals surface area contributed by atoms with E-state index in [4.69, 9.17) is 16.7 Å². The minimum Gasteiger partial charge on any atom is -0.395 e. The van der Waals surface area contributed by atoms with E-state index in [0.717, 1.165) is 18.7 Å². The van der Waals surface area contributed by atoms with Crippen molar-refractivity contribution in [3.05, 3.63) is 29.0 Å². The van der Waals surface area contributed by atoms with Crippen molar-refractivity contribution in [1.82, 2.24) is 9.88 Å². The minimum absolute atomic E-state index is 0.203.